The summed E-state index contributed by atoms with van der Waals surface area (Å²) in [5.41, 5.74) is 1.34. The van der Waals surface area contributed by atoms with E-state index >= 15 is 0 Å². The van der Waals surface area contributed by atoms with Gasteiger partial charge in [0.25, 0.3) is 0 Å². The molecular weight excluding hydrogens is 226 g/mol. The molecule has 1 N–H and O–H groups in total. The second kappa shape index (κ2) is 4.25. The van der Waals surface area contributed by atoms with Crippen molar-refractivity contribution in [1.82, 2.24) is 5.32 Å². The van der Waals surface area contributed by atoms with Gasteiger partial charge in [-0.1, -0.05) is 18.2 Å². The molecule has 0 radical (unpaired) electrons. The number of ether oxygens (including phenoxy) is 2. The van der Waals surface area contributed by atoms with Crippen LogP contribution in [0.2, 0.25) is 0 Å². The first-order valence-electron chi connectivity index (χ1n) is 7.02. The number of nitrogens with one attached hydrogen (secondary N) is 1. The van der Waals surface area contributed by atoms with Gasteiger partial charge in [0, 0.05) is 19.0 Å². The van der Waals surface area contributed by atoms with Crippen molar-refractivity contribution in [2.24, 2.45) is 0 Å². The Morgan fingerprint density at radius 3 is 2.94 bits per heavy atom. The SMILES string of the molecule is c1ccc2c(c1)CC(CNC1CC3CCC1O3)O2. The lowest BCUT2D eigenvalue weighted by atomic mass is 9.95. The summed E-state index contributed by atoms with van der Waals surface area (Å²) in [7, 11) is 0. The highest BCUT2D eigenvalue weighted by atomic mass is 16.5. The number of hydrogen-bond donors (Lipinski definition) is 1. The highest BCUT2D eigenvalue weighted by molar-refractivity contribution is 5.37. The van der Waals surface area contributed by atoms with E-state index in [0.29, 0.717) is 24.4 Å². The number of fused-ring (bicyclic) bond motifs is 3. The van der Waals surface area contributed by atoms with Crippen LogP contribution in [0, 0.1) is 0 Å². The van der Waals surface area contributed by atoms with Crippen LogP contribution >= 0.6 is 0 Å². The Labute approximate surface area is 107 Å². The van der Waals surface area contributed by atoms with Crippen LogP contribution in [0.4, 0.5) is 0 Å². The molecule has 1 aromatic carbocycles. The fourth-order valence-corrected chi connectivity index (χ4v) is 3.50. The second-order valence-corrected chi connectivity index (χ2v) is 5.68. The second-order valence-electron chi connectivity index (χ2n) is 5.68. The van der Waals surface area contributed by atoms with Crippen molar-refractivity contribution in [1.29, 1.82) is 0 Å². The van der Waals surface area contributed by atoms with Crippen LogP contribution in [0.5, 0.6) is 5.75 Å². The van der Waals surface area contributed by atoms with Gasteiger partial charge in [0.05, 0.1) is 12.2 Å². The maximum absolute atomic E-state index is 5.94. The lowest BCUT2D eigenvalue weighted by Crippen LogP contribution is -2.42. The van der Waals surface area contributed by atoms with Crippen molar-refractivity contribution >= 4 is 0 Å². The zero-order chi connectivity index (χ0) is 11.9. The molecule has 96 valence electrons. The lowest BCUT2D eigenvalue weighted by Gasteiger charge is -2.22. The average molecular weight is 245 g/mol. The first-order valence-corrected chi connectivity index (χ1v) is 7.02. The normalized spacial score (nSPS) is 36.7. The number of para-hydroxylation sites is 1. The van der Waals surface area contributed by atoms with Gasteiger partial charge in [0.15, 0.2) is 0 Å². The van der Waals surface area contributed by atoms with Gasteiger partial charge >= 0.3 is 0 Å². The van der Waals surface area contributed by atoms with Gasteiger partial charge in [-0.3, -0.25) is 0 Å². The quantitative estimate of drug-likeness (QED) is 0.882. The monoisotopic (exact) mass is 245 g/mol. The standard InChI is InChI=1S/C15H19NO2/c1-2-4-14-10(3-1)7-12(18-14)9-16-13-8-11-5-6-15(13)17-11/h1-4,11-13,15-16H,5-9H2. The summed E-state index contributed by atoms with van der Waals surface area (Å²) in [6.45, 7) is 0.936. The van der Waals surface area contributed by atoms with Crippen molar-refractivity contribution < 1.29 is 9.47 Å². The molecule has 4 unspecified atom stereocenters. The molecule has 3 aliphatic rings. The highest BCUT2D eigenvalue weighted by Gasteiger charge is 2.40. The molecule has 0 spiro atoms. The van der Waals surface area contributed by atoms with Crippen molar-refractivity contribution in [3.63, 3.8) is 0 Å². The summed E-state index contributed by atoms with van der Waals surface area (Å²) in [6.07, 6.45) is 5.98. The minimum Gasteiger partial charge on any atom is -0.488 e. The van der Waals surface area contributed by atoms with E-state index in [0.717, 1.165) is 18.7 Å². The molecule has 0 aliphatic carbocycles. The first kappa shape index (κ1) is 10.8. The zero-order valence-corrected chi connectivity index (χ0v) is 10.5. The van der Waals surface area contributed by atoms with Crippen molar-refractivity contribution in [2.75, 3.05) is 6.54 Å². The summed E-state index contributed by atoms with van der Waals surface area (Å²) < 4.78 is 11.8. The molecule has 18 heavy (non-hydrogen) atoms. The summed E-state index contributed by atoms with van der Waals surface area (Å²) in [6, 6.07) is 8.91. The van der Waals surface area contributed by atoms with Crippen LogP contribution in [0.15, 0.2) is 24.3 Å². The molecule has 4 rings (SSSR count). The largest absolute Gasteiger partial charge is 0.488 e. The Balaban J connectivity index is 1.32. The molecule has 3 heterocycles. The molecule has 2 bridgehead atoms. The maximum atomic E-state index is 5.94. The van der Waals surface area contributed by atoms with Crippen molar-refractivity contribution in [3.8, 4) is 5.75 Å². The molecule has 2 saturated heterocycles. The predicted molar refractivity (Wildman–Crippen MR) is 68.9 cm³/mol. The van der Waals surface area contributed by atoms with Gasteiger partial charge < -0.3 is 14.8 Å². The van der Waals surface area contributed by atoms with Gasteiger partial charge in [-0.25, -0.2) is 0 Å². The lowest BCUT2D eigenvalue weighted by molar-refractivity contribution is 0.0958. The molecule has 3 heteroatoms. The Morgan fingerprint density at radius 1 is 1.22 bits per heavy atom. The molecule has 0 saturated carbocycles. The van der Waals surface area contributed by atoms with E-state index < -0.39 is 0 Å². The fourth-order valence-electron chi connectivity index (χ4n) is 3.50. The molecule has 1 aromatic rings. The van der Waals surface area contributed by atoms with Crippen LogP contribution in [0.3, 0.4) is 0 Å². The number of benzene rings is 1. The van der Waals surface area contributed by atoms with Gasteiger partial charge in [0.1, 0.15) is 11.9 Å². The minimum absolute atomic E-state index is 0.293. The minimum atomic E-state index is 0.293. The summed E-state index contributed by atoms with van der Waals surface area (Å²) in [4.78, 5) is 0. The molecule has 0 aromatic heterocycles. The van der Waals surface area contributed by atoms with Crippen molar-refractivity contribution in [2.45, 2.75) is 50.0 Å². The third kappa shape index (κ3) is 1.82. The van der Waals surface area contributed by atoms with E-state index in [-0.39, 0.29) is 0 Å². The molecule has 4 atom stereocenters. The molecule has 3 aliphatic heterocycles. The molecular formula is C15H19NO2. The summed E-state index contributed by atoms with van der Waals surface area (Å²) in [5, 5.41) is 3.64. The molecule has 3 nitrogen and oxygen atoms in total. The molecule has 2 fully saturated rings. The summed E-state index contributed by atoms with van der Waals surface area (Å²) >= 11 is 0. The van der Waals surface area contributed by atoms with Gasteiger partial charge in [0.2, 0.25) is 0 Å². The van der Waals surface area contributed by atoms with Crippen LogP contribution in [-0.2, 0) is 11.2 Å². The van der Waals surface area contributed by atoms with E-state index in [1.54, 1.807) is 0 Å². The number of hydrogen-bond acceptors (Lipinski definition) is 3. The predicted octanol–water partition coefficient (Wildman–Crippen LogP) is 1.90. The van der Waals surface area contributed by atoms with E-state index in [1.807, 2.05) is 6.07 Å². The smallest absolute Gasteiger partial charge is 0.123 e. The Bertz CT molecular complexity index is 423. The van der Waals surface area contributed by atoms with Crippen LogP contribution in [0.25, 0.3) is 0 Å². The Morgan fingerprint density at radius 2 is 2.17 bits per heavy atom. The average Bonchev–Trinajstić information content (AvgIpc) is 3.10. The number of rotatable bonds is 3. The van der Waals surface area contributed by atoms with Gasteiger partial charge in [-0.05, 0) is 30.9 Å². The Hall–Kier alpha value is -1.06. The third-order valence-corrected chi connectivity index (χ3v) is 4.43. The molecule has 0 amide bonds. The van der Waals surface area contributed by atoms with Gasteiger partial charge in [-0.15, -0.1) is 0 Å². The highest BCUT2D eigenvalue weighted by Crippen LogP contribution is 2.34. The fraction of sp³-hybridized carbons (Fsp3) is 0.600. The van der Waals surface area contributed by atoms with Gasteiger partial charge in [-0.2, -0.15) is 0 Å². The first-order chi connectivity index (χ1) is 8.88. The van der Waals surface area contributed by atoms with E-state index in [2.05, 4.69) is 23.5 Å². The van der Waals surface area contributed by atoms with Crippen molar-refractivity contribution in [3.05, 3.63) is 29.8 Å². The zero-order valence-electron chi connectivity index (χ0n) is 10.5. The summed E-state index contributed by atoms with van der Waals surface area (Å²) in [5.74, 6) is 1.06. The van der Waals surface area contributed by atoms with Crippen LogP contribution in [0.1, 0.15) is 24.8 Å². The third-order valence-electron chi connectivity index (χ3n) is 4.43. The Kier molecular flexibility index (Phi) is 2.55. The van der Waals surface area contributed by atoms with Crippen LogP contribution in [-0.4, -0.2) is 30.9 Å². The maximum Gasteiger partial charge on any atom is 0.123 e. The van der Waals surface area contributed by atoms with Crippen LogP contribution < -0.4 is 10.1 Å². The van der Waals surface area contributed by atoms with E-state index in [9.17, 15) is 0 Å². The van der Waals surface area contributed by atoms with E-state index in [4.69, 9.17) is 9.47 Å². The topological polar surface area (TPSA) is 30.5 Å². The van der Waals surface area contributed by atoms with E-state index in [1.165, 1.54) is 24.8 Å².